The van der Waals surface area contributed by atoms with Crippen LogP contribution >= 0.6 is 0 Å². The number of hydrogen-bond acceptors (Lipinski definition) is 2. The van der Waals surface area contributed by atoms with Gasteiger partial charge in [-0.05, 0) is 39.7 Å². The van der Waals surface area contributed by atoms with Gasteiger partial charge in [-0.1, -0.05) is 36.8 Å². The van der Waals surface area contributed by atoms with Crippen LogP contribution in [0, 0.1) is 6.92 Å². The summed E-state index contributed by atoms with van der Waals surface area (Å²) in [7, 11) is 0. The van der Waals surface area contributed by atoms with Crippen LogP contribution in [-0.2, 0) is 4.79 Å². The highest BCUT2D eigenvalue weighted by atomic mass is 16.2. The quantitative estimate of drug-likeness (QED) is 0.827. The zero-order valence-electron chi connectivity index (χ0n) is 12.7. The molecule has 0 saturated heterocycles. The first-order chi connectivity index (χ1) is 8.93. The highest BCUT2D eigenvalue weighted by Crippen LogP contribution is 2.17. The molecule has 2 unspecified atom stereocenters. The number of nitrogens with one attached hydrogen (secondary N) is 2. The van der Waals surface area contributed by atoms with Crippen LogP contribution in [0.4, 0.5) is 0 Å². The molecule has 0 bridgehead atoms. The lowest BCUT2D eigenvalue weighted by Gasteiger charge is -2.23. The van der Waals surface area contributed by atoms with E-state index in [9.17, 15) is 4.79 Å². The van der Waals surface area contributed by atoms with E-state index in [2.05, 4.69) is 48.7 Å². The maximum absolute atomic E-state index is 11.9. The van der Waals surface area contributed by atoms with Crippen LogP contribution in [0.15, 0.2) is 24.3 Å². The predicted molar refractivity (Wildman–Crippen MR) is 80.1 cm³/mol. The summed E-state index contributed by atoms with van der Waals surface area (Å²) in [4.78, 5) is 11.9. The summed E-state index contributed by atoms with van der Waals surface area (Å²) in [5.74, 6) is 0.0561. The average molecular weight is 262 g/mol. The van der Waals surface area contributed by atoms with Gasteiger partial charge in [-0.3, -0.25) is 10.1 Å². The Hall–Kier alpha value is -1.35. The van der Waals surface area contributed by atoms with Crippen LogP contribution in [-0.4, -0.2) is 18.0 Å². The Morgan fingerprint density at radius 2 is 1.74 bits per heavy atom. The van der Waals surface area contributed by atoms with E-state index in [4.69, 9.17) is 0 Å². The molecule has 2 atom stereocenters. The Morgan fingerprint density at radius 3 is 2.21 bits per heavy atom. The normalized spacial score (nSPS) is 14.2. The molecule has 0 fully saturated rings. The lowest BCUT2D eigenvalue weighted by molar-refractivity contribution is -0.123. The van der Waals surface area contributed by atoms with Crippen molar-refractivity contribution in [1.82, 2.24) is 10.6 Å². The fraction of sp³-hybridized carbons (Fsp3) is 0.562. The molecule has 0 heterocycles. The topological polar surface area (TPSA) is 41.1 Å². The second-order valence-electron chi connectivity index (χ2n) is 5.42. The van der Waals surface area contributed by atoms with E-state index >= 15 is 0 Å². The van der Waals surface area contributed by atoms with Crippen LogP contribution in [0.5, 0.6) is 0 Å². The minimum Gasteiger partial charge on any atom is -0.353 e. The molecule has 0 aliphatic heterocycles. The van der Waals surface area contributed by atoms with Crippen molar-refractivity contribution in [3.63, 3.8) is 0 Å². The van der Waals surface area contributed by atoms with Gasteiger partial charge in [0.25, 0.3) is 0 Å². The molecule has 19 heavy (non-hydrogen) atoms. The molecular formula is C16H26N2O. The van der Waals surface area contributed by atoms with Crippen molar-refractivity contribution >= 4 is 5.91 Å². The summed E-state index contributed by atoms with van der Waals surface area (Å²) in [5.41, 5.74) is 2.49. The first kappa shape index (κ1) is 15.7. The molecule has 0 radical (unpaired) electrons. The third-order valence-electron chi connectivity index (χ3n) is 3.16. The molecule has 1 rings (SSSR count). The number of amides is 1. The summed E-state index contributed by atoms with van der Waals surface area (Å²) in [6.45, 7) is 10.1. The monoisotopic (exact) mass is 262 g/mol. The van der Waals surface area contributed by atoms with E-state index in [1.807, 2.05) is 20.8 Å². The molecule has 0 aliphatic carbocycles. The molecule has 1 aromatic rings. The molecule has 0 aliphatic rings. The standard InChI is InChI=1S/C16H26N2O/c1-6-15(14-9-7-12(4)8-10-14)18-13(5)16(19)17-11(2)3/h7-11,13,15,18H,6H2,1-5H3,(H,17,19). The molecule has 3 heteroatoms. The molecule has 2 N–H and O–H groups in total. The highest BCUT2D eigenvalue weighted by Gasteiger charge is 2.18. The van der Waals surface area contributed by atoms with E-state index in [-0.39, 0.29) is 24.0 Å². The maximum Gasteiger partial charge on any atom is 0.237 e. The van der Waals surface area contributed by atoms with Crippen molar-refractivity contribution in [3.8, 4) is 0 Å². The van der Waals surface area contributed by atoms with E-state index in [1.165, 1.54) is 11.1 Å². The summed E-state index contributed by atoms with van der Waals surface area (Å²) in [6.07, 6.45) is 0.961. The number of rotatable bonds is 6. The van der Waals surface area contributed by atoms with Crippen molar-refractivity contribution in [2.24, 2.45) is 0 Å². The van der Waals surface area contributed by atoms with E-state index in [0.717, 1.165) is 6.42 Å². The lowest BCUT2D eigenvalue weighted by atomic mass is 10.0. The number of hydrogen-bond donors (Lipinski definition) is 2. The number of carbonyl (C=O) groups excluding carboxylic acids is 1. The third kappa shape index (κ3) is 5.03. The minimum absolute atomic E-state index is 0.0561. The van der Waals surface area contributed by atoms with E-state index < -0.39 is 0 Å². The number of aryl methyl sites for hydroxylation is 1. The first-order valence-corrected chi connectivity index (χ1v) is 7.07. The van der Waals surface area contributed by atoms with Crippen LogP contribution < -0.4 is 10.6 Å². The van der Waals surface area contributed by atoms with E-state index in [1.54, 1.807) is 0 Å². The summed E-state index contributed by atoms with van der Waals surface area (Å²) >= 11 is 0. The fourth-order valence-electron chi connectivity index (χ4n) is 2.04. The smallest absolute Gasteiger partial charge is 0.237 e. The second kappa shape index (κ2) is 7.29. The predicted octanol–water partition coefficient (Wildman–Crippen LogP) is 2.95. The van der Waals surface area contributed by atoms with Crippen LogP contribution in [0.2, 0.25) is 0 Å². The maximum atomic E-state index is 11.9. The minimum atomic E-state index is -0.186. The van der Waals surface area contributed by atoms with Gasteiger partial charge in [-0.25, -0.2) is 0 Å². The molecule has 106 valence electrons. The molecule has 1 aromatic carbocycles. The van der Waals surface area contributed by atoms with Crippen LogP contribution in [0.25, 0.3) is 0 Å². The van der Waals surface area contributed by atoms with Crippen molar-refractivity contribution in [1.29, 1.82) is 0 Å². The van der Waals surface area contributed by atoms with Gasteiger partial charge in [-0.2, -0.15) is 0 Å². The summed E-state index contributed by atoms with van der Waals surface area (Å²) in [6, 6.07) is 8.68. The van der Waals surface area contributed by atoms with Crippen molar-refractivity contribution in [3.05, 3.63) is 35.4 Å². The first-order valence-electron chi connectivity index (χ1n) is 7.07. The molecular weight excluding hydrogens is 236 g/mol. The Labute approximate surface area is 116 Å². The fourth-order valence-corrected chi connectivity index (χ4v) is 2.04. The largest absolute Gasteiger partial charge is 0.353 e. The zero-order valence-corrected chi connectivity index (χ0v) is 12.7. The van der Waals surface area contributed by atoms with Gasteiger partial charge in [-0.15, -0.1) is 0 Å². The van der Waals surface area contributed by atoms with Gasteiger partial charge >= 0.3 is 0 Å². The van der Waals surface area contributed by atoms with Crippen LogP contribution in [0.1, 0.15) is 51.3 Å². The Kier molecular flexibility index (Phi) is 6.03. The van der Waals surface area contributed by atoms with E-state index in [0.29, 0.717) is 0 Å². The summed E-state index contributed by atoms with van der Waals surface area (Å²) < 4.78 is 0. The molecule has 1 amide bonds. The van der Waals surface area contributed by atoms with Gasteiger partial charge in [0.2, 0.25) is 5.91 Å². The van der Waals surface area contributed by atoms with Gasteiger partial charge in [0.1, 0.15) is 0 Å². The zero-order chi connectivity index (χ0) is 14.4. The van der Waals surface area contributed by atoms with Crippen LogP contribution in [0.3, 0.4) is 0 Å². The SMILES string of the molecule is CCC(NC(C)C(=O)NC(C)C)c1ccc(C)cc1. The second-order valence-corrected chi connectivity index (χ2v) is 5.42. The van der Waals surface area contributed by atoms with Gasteiger partial charge in [0.05, 0.1) is 6.04 Å². The average Bonchev–Trinajstić information content (AvgIpc) is 2.36. The Morgan fingerprint density at radius 1 is 1.16 bits per heavy atom. The molecule has 3 nitrogen and oxygen atoms in total. The van der Waals surface area contributed by atoms with Crippen molar-refractivity contribution < 1.29 is 4.79 Å². The molecule has 0 saturated carbocycles. The van der Waals surface area contributed by atoms with Crippen molar-refractivity contribution in [2.45, 2.75) is 59.2 Å². The third-order valence-corrected chi connectivity index (χ3v) is 3.16. The van der Waals surface area contributed by atoms with Crippen molar-refractivity contribution in [2.75, 3.05) is 0 Å². The number of carbonyl (C=O) groups is 1. The lowest BCUT2D eigenvalue weighted by Crippen LogP contribution is -2.45. The van der Waals surface area contributed by atoms with Gasteiger partial charge < -0.3 is 5.32 Å². The Balaban J connectivity index is 2.66. The van der Waals surface area contributed by atoms with Gasteiger partial charge in [0.15, 0.2) is 0 Å². The molecule has 0 spiro atoms. The Bertz CT molecular complexity index is 398. The van der Waals surface area contributed by atoms with Gasteiger partial charge in [0, 0.05) is 12.1 Å². The highest BCUT2D eigenvalue weighted by molar-refractivity contribution is 5.81. The number of benzene rings is 1. The summed E-state index contributed by atoms with van der Waals surface area (Å²) in [5, 5.41) is 6.33. The molecule has 0 aromatic heterocycles.